The fourth-order valence-electron chi connectivity index (χ4n) is 3.42. The third-order valence-corrected chi connectivity index (χ3v) is 5.12. The van der Waals surface area contributed by atoms with Gasteiger partial charge in [-0.25, -0.2) is 0 Å². The summed E-state index contributed by atoms with van der Waals surface area (Å²) in [4.78, 5) is 14.4. The maximum Gasteiger partial charge on any atom is 0.226 e. The minimum atomic E-state index is 0.0795. The highest BCUT2D eigenvalue weighted by molar-refractivity contribution is 5.87. The van der Waals surface area contributed by atoms with Gasteiger partial charge in [-0.2, -0.15) is 0 Å². The Kier molecular flexibility index (Phi) is 5.47. The molecule has 0 saturated carbocycles. The number of carbonyl (C=O) groups is 1. The van der Waals surface area contributed by atoms with Crippen molar-refractivity contribution in [3.63, 3.8) is 0 Å². The first kappa shape index (κ1) is 19.0. The SMILES string of the molecule is Cc1ccc2c(CC(=O)N(C)CCCc3cc(-c4ccccc4)no3)coc2c1. The molecule has 0 saturated heterocycles. The summed E-state index contributed by atoms with van der Waals surface area (Å²) in [6.45, 7) is 2.69. The molecular weight excluding hydrogens is 364 g/mol. The number of furan rings is 1. The maximum absolute atomic E-state index is 12.6. The van der Waals surface area contributed by atoms with Crippen molar-refractivity contribution in [3.05, 3.63) is 77.7 Å². The van der Waals surface area contributed by atoms with E-state index in [1.54, 1.807) is 11.2 Å². The van der Waals surface area contributed by atoms with Gasteiger partial charge in [0.2, 0.25) is 5.91 Å². The van der Waals surface area contributed by atoms with Gasteiger partial charge >= 0.3 is 0 Å². The predicted molar refractivity (Wildman–Crippen MR) is 113 cm³/mol. The molecule has 4 aromatic rings. The van der Waals surface area contributed by atoms with Crippen LogP contribution in [0.1, 0.15) is 23.3 Å². The highest BCUT2D eigenvalue weighted by Crippen LogP contribution is 2.23. The Balaban J connectivity index is 1.30. The van der Waals surface area contributed by atoms with Crippen LogP contribution in [-0.2, 0) is 17.6 Å². The van der Waals surface area contributed by atoms with Crippen molar-refractivity contribution < 1.29 is 13.7 Å². The van der Waals surface area contributed by atoms with Crippen LogP contribution in [0.2, 0.25) is 0 Å². The van der Waals surface area contributed by atoms with E-state index < -0.39 is 0 Å². The number of benzene rings is 2. The molecule has 0 fully saturated rings. The molecule has 0 atom stereocenters. The van der Waals surface area contributed by atoms with Crippen LogP contribution in [0.25, 0.3) is 22.2 Å². The summed E-state index contributed by atoms with van der Waals surface area (Å²) in [6, 6.07) is 18.0. The molecular formula is C24H24N2O3. The number of fused-ring (bicyclic) bond motifs is 1. The minimum Gasteiger partial charge on any atom is -0.464 e. The van der Waals surface area contributed by atoms with Crippen LogP contribution in [0.3, 0.4) is 0 Å². The number of aryl methyl sites for hydroxylation is 2. The van der Waals surface area contributed by atoms with Gasteiger partial charge in [0.1, 0.15) is 17.0 Å². The van der Waals surface area contributed by atoms with Gasteiger partial charge < -0.3 is 13.8 Å². The van der Waals surface area contributed by atoms with Crippen molar-refractivity contribution in [1.29, 1.82) is 0 Å². The van der Waals surface area contributed by atoms with Crippen LogP contribution in [-0.4, -0.2) is 29.6 Å². The lowest BCUT2D eigenvalue weighted by Gasteiger charge is -2.16. The lowest BCUT2D eigenvalue weighted by Crippen LogP contribution is -2.29. The normalized spacial score (nSPS) is 11.1. The topological polar surface area (TPSA) is 59.5 Å². The van der Waals surface area contributed by atoms with E-state index in [0.29, 0.717) is 13.0 Å². The fraction of sp³-hybridized carbons (Fsp3) is 0.250. The van der Waals surface area contributed by atoms with Gasteiger partial charge in [0.25, 0.3) is 0 Å². The molecule has 5 nitrogen and oxygen atoms in total. The van der Waals surface area contributed by atoms with Crippen molar-refractivity contribution in [2.24, 2.45) is 0 Å². The summed E-state index contributed by atoms with van der Waals surface area (Å²) in [7, 11) is 1.84. The zero-order chi connectivity index (χ0) is 20.2. The molecule has 148 valence electrons. The van der Waals surface area contributed by atoms with E-state index in [0.717, 1.165) is 52.0 Å². The third kappa shape index (κ3) is 4.40. The second-order valence-electron chi connectivity index (χ2n) is 7.40. The van der Waals surface area contributed by atoms with Crippen LogP contribution in [0.15, 0.2) is 69.8 Å². The molecule has 4 rings (SSSR count). The summed E-state index contributed by atoms with van der Waals surface area (Å²) in [5, 5.41) is 5.15. The molecule has 0 radical (unpaired) electrons. The second kappa shape index (κ2) is 8.35. The molecule has 5 heteroatoms. The Morgan fingerprint density at radius 3 is 2.76 bits per heavy atom. The summed E-state index contributed by atoms with van der Waals surface area (Å²) < 4.78 is 11.0. The quantitative estimate of drug-likeness (QED) is 0.445. The van der Waals surface area contributed by atoms with Gasteiger partial charge in [0, 0.05) is 42.6 Å². The van der Waals surface area contributed by atoms with Gasteiger partial charge in [0.05, 0.1) is 12.7 Å². The number of rotatable bonds is 7. The molecule has 1 amide bonds. The molecule has 0 aliphatic carbocycles. The summed E-state index contributed by atoms with van der Waals surface area (Å²) >= 11 is 0. The Morgan fingerprint density at radius 1 is 1.10 bits per heavy atom. The Morgan fingerprint density at radius 2 is 1.93 bits per heavy atom. The molecule has 2 aromatic heterocycles. The molecule has 29 heavy (non-hydrogen) atoms. The van der Waals surface area contributed by atoms with E-state index in [-0.39, 0.29) is 5.91 Å². The number of hydrogen-bond acceptors (Lipinski definition) is 4. The first-order valence-corrected chi connectivity index (χ1v) is 9.82. The predicted octanol–water partition coefficient (Wildman–Crippen LogP) is 5.03. The zero-order valence-electron chi connectivity index (χ0n) is 16.7. The van der Waals surface area contributed by atoms with Crippen LogP contribution in [0.4, 0.5) is 0 Å². The first-order chi connectivity index (χ1) is 14.1. The number of carbonyl (C=O) groups excluding carboxylic acids is 1. The molecule has 0 aliphatic rings. The van der Waals surface area contributed by atoms with Crippen LogP contribution >= 0.6 is 0 Å². The van der Waals surface area contributed by atoms with E-state index in [4.69, 9.17) is 8.94 Å². The average molecular weight is 388 g/mol. The van der Waals surface area contributed by atoms with E-state index in [1.165, 1.54) is 0 Å². The molecule has 0 unspecified atom stereocenters. The highest BCUT2D eigenvalue weighted by Gasteiger charge is 2.14. The van der Waals surface area contributed by atoms with Crippen molar-refractivity contribution in [3.8, 4) is 11.3 Å². The van der Waals surface area contributed by atoms with Crippen LogP contribution < -0.4 is 0 Å². The van der Waals surface area contributed by atoms with Crippen molar-refractivity contribution in [2.45, 2.75) is 26.2 Å². The minimum absolute atomic E-state index is 0.0795. The lowest BCUT2D eigenvalue weighted by atomic mass is 10.1. The van der Waals surface area contributed by atoms with Crippen molar-refractivity contribution in [2.75, 3.05) is 13.6 Å². The summed E-state index contributed by atoms with van der Waals surface area (Å²) in [5.41, 5.74) is 4.78. The highest BCUT2D eigenvalue weighted by atomic mass is 16.5. The number of amides is 1. The number of aromatic nitrogens is 1. The number of likely N-dealkylation sites (N-methyl/N-ethyl adjacent to an activating group) is 1. The molecule has 0 aliphatic heterocycles. The largest absolute Gasteiger partial charge is 0.464 e. The van der Waals surface area contributed by atoms with Gasteiger partial charge in [-0.3, -0.25) is 4.79 Å². The number of nitrogens with zero attached hydrogens (tertiary/aromatic N) is 2. The summed E-state index contributed by atoms with van der Waals surface area (Å²) in [5.74, 6) is 0.914. The van der Waals surface area contributed by atoms with E-state index in [1.807, 2.05) is 68.6 Å². The molecule has 2 aromatic carbocycles. The van der Waals surface area contributed by atoms with Gasteiger partial charge in [-0.05, 0) is 25.0 Å². The Bertz CT molecular complexity index is 1110. The first-order valence-electron chi connectivity index (χ1n) is 9.82. The monoisotopic (exact) mass is 388 g/mol. The Hall–Kier alpha value is -3.34. The van der Waals surface area contributed by atoms with E-state index >= 15 is 0 Å². The third-order valence-electron chi connectivity index (χ3n) is 5.12. The fourth-order valence-corrected chi connectivity index (χ4v) is 3.42. The van der Waals surface area contributed by atoms with Crippen molar-refractivity contribution >= 4 is 16.9 Å². The van der Waals surface area contributed by atoms with E-state index in [9.17, 15) is 4.79 Å². The zero-order valence-corrected chi connectivity index (χ0v) is 16.7. The van der Waals surface area contributed by atoms with Gasteiger partial charge in [-0.15, -0.1) is 0 Å². The van der Waals surface area contributed by atoms with E-state index in [2.05, 4.69) is 5.16 Å². The molecule has 2 heterocycles. The maximum atomic E-state index is 12.6. The van der Waals surface area contributed by atoms with Gasteiger partial charge in [0.15, 0.2) is 0 Å². The molecule has 0 N–H and O–H groups in total. The van der Waals surface area contributed by atoms with Gasteiger partial charge in [-0.1, -0.05) is 47.6 Å². The van der Waals surface area contributed by atoms with Crippen LogP contribution in [0, 0.1) is 6.92 Å². The van der Waals surface area contributed by atoms with Crippen LogP contribution in [0.5, 0.6) is 0 Å². The molecule has 0 bridgehead atoms. The average Bonchev–Trinajstić information content (AvgIpc) is 3.35. The molecule has 0 spiro atoms. The number of hydrogen-bond donors (Lipinski definition) is 0. The standard InChI is InChI=1S/C24H24N2O3/c1-17-10-11-21-19(16-28-23(21)13-17)14-24(27)26(2)12-6-9-20-15-22(25-29-20)18-7-4-3-5-8-18/h3-5,7-8,10-11,13,15-16H,6,9,12,14H2,1-2H3. The summed E-state index contributed by atoms with van der Waals surface area (Å²) in [6.07, 6.45) is 3.59. The Labute approximate surface area is 169 Å². The second-order valence-corrected chi connectivity index (χ2v) is 7.40. The lowest BCUT2D eigenvalue weighted by molar-refractivity contribution is -0.129. The van der Waals surface area contributed by atoms with Crippen molar-refractivity contribution in [1.82, 2.24) is 10.1 Å². The smallest absolute Gasteiger partial charge is 0.226 e.